The van der Waals surface area contributed by atoms with Crippen LogP contribution in [0, 0.1) is 11.8 Å². The van der Waals surface area contributed by atoms with Crippen molar-refractivity contribution in [2.75, 3.05) is 13.1 Å². The molecule has 3 aliphatic carbocycles. The summed E-state index contributed by atoms with van der Waals surface area (Å²) in [6.07, 6.45) is 2.17. The molecule has 6 atom stereocenters. The molecule has 2 saturated heterocycles. The quantitative estimate of drug-likeness (QED) is 0.561. The molecule has 33 heavy (non-hydrogen) atoms. The second-order valence-electron chi connectivity index (χ2n) is 10.9. The van der Waals surface area contributed by atoms with E-state index in [1.165, 1.54) is 4.90 Å². The van der Waals surface area contributed by atoms with Gasteiger partial charge >= 0.3 is 6.03 Å². The molecule has 6 unspecified atom stereocenters. The van der Waals surface area contributed by atoms with Gasteiger partial charge in [0.05, 0.1) is 23.8 Å². The first-order valence-electron chi connectivity index (χ1n) is 11.8. The van der Waals surface area contributed by atoms with Crippen LogP contribution in [-0.2, 0) is 19.7 Å². The van der Waals surface area contributed by atoms with Crippen LogP contribution in [0.5, 0.6) is 0 Å². The fourth-order valence-electron chi connectivity index (χ4n) is 5.45. The summed E-state index contributed by atoms with van der Waals surface area (Å²) in [7, 11) is -3.64. The number of carbonyl (C=O) groups is 2. The van der Waals surface area contributed by atoms with Gasteiger partial charge in [0.15, 0.2) is 0 Å². The van der Waals surface area contributed by atoms with Crippen molar-refractivity contribution in [2.24, 2.45) is 11.8 Å². The highest BCUT2D eigenvalue weighted by Crippen LogP contribution is 2.50. The summed E-state index contributed by atoms with van der Waals surface area (Å²) in [5.74, 6) is -4.87. The van der Waals surface area contributed by atoms with Gasteiger partial charge in [-0.3, -0.25) is 14.5 Å². The van der Waals surface area contributed by atoms with Crippen LogP contribution >= 0.6 is 0 Å². The van der Waals surface area contributed by atoms with E-state index in [2.05, 4.69) is 10.2 Å². The van der Waals surface area contributed by atoms with Crippen LogP contribution in [0.2, 0.25) is 0 Å². The molecule has 2 heterocycles. The summed E-state index contributed by atoms with van der Waals surface area (Å²) in [4.78, 5) is 34.7. The molecular weight excluding hydrogens is 458 g/mol. The molecular formula is C21H32F2N4O5S. The van der Waals surface area contributed by atoms with E-state index in [1.807, 2.05) is 13.8 Å². The van der Waals surface area contributed by atoms with Gasteiger partial charge in [0.2, 0.25) is 15.9 Å². The molecule has 5 aliphatic rings. The highest BCUT2D eigenvalue weighted by atomic mass is 32.2. The number of hydroxylamine groups is 1. The third kappa shape index (κ3) is 4.51. The first-order valence-corrected chi connectivity index (χ1v) is 13.4. The molecule has 0 aromatic rings. The Morgan fingerprint density at radius 2 is 1.88 bits per heavy atom. The first kappa shape index (κ1) is 23.4. The Bertz CT molecular complexity index is 943. The topological polar surface area (TPSA) is 108 Å². The minimum Gasteiger partial charge on any atom is -0.320 e. The molecule has 2 N–H and O–H groups in total. The summed E-state index contributed by atoms with van der Waals surface area (Å²) in [6, 6.07) is -1.06. The van der Waals surface area contributed by atoms with Crippen molar-refractivity contribution in [3.63, 3.8) is 0 Å². The molecule has 0 aromatic carbocycles. The number of imide groups is 1. The van der Waals surface area contributed by atoms with E-state index in [0.29, 0.717) is 12.8 Å². The zero-order valence-electron chi connectivity index (χ0n) is 18.9. The summed E-state index contributed by atoms with van der Waals surface area (Å²) in [6.45, 7) is 3.67. The van der Waals surface area contributed by atoms with Crippen LogP contribution in [0.4, 0.5) is 13.6 Å². The lowest BCUT2D eigenvalue weighted by Crippen LogP contribution is -2.65. The Kier molecular flexibility index (Phi) is 5.54. The zero-order chi connectivity index (χ0) is 23.8. The number of alkyl halides is 2. The average molecular weight is 491 g/mol. The van der Waals surface area contributed by atoms with E-state index in [0.717, 1.165) is 17.7 Å². The van der Waals surface area contributed by atoms with Crippen molar-refractivity contribution in [1.82, 2.24) is 20.0 Å². The lowest BCUT2D eigenvalue weighted by atomic mass is 9.80. The molecule has 0 radical (unpaired) electrons. The standard InChI is InChI=1S/C21H32F2N4O5S/c1-12-7-14(32-24-12)11-27-18(28)16-8-15(33(30,31)25-20(2)5-6-20)3-4-17(16)26(19(27)29)10-13-9-21(13,22)23/h12-17,24-25H,3-11H2,1-2H3. The van der Waals surface area contributed by atoms with Gasteiger partial charge in [0.25, 0.3) is 5.92 Å². The number of urea groups is 1. The molecule has 2 aliphatic heterocycles. The molecule has 186 valence electrons. The summed E-state index contributed by atoms with van der Waals surface area (Å²) < 4.78 is 56.1. The molecule has 0 spiro atoms. The number of halogens is 2. The van der Waals surface area contributed by atoms with Crippen molar-refractivity contribution < 1.29 is 31.6 Å². The van der Waals surface area contributed by atoms with Crippen LogP contribution in [0.3, 0.4) is 0 Å². The normalized spacial score (nSPS) is 39.5. The largest absolute Gasteiger partial charge is 0.327 e. The number of hydrogen-bond acceptors (Lipinski definition) is 6. The highest BCUT2D eigenvalue weighted by Gasteiger charge is 2.60. The van der Waals surface area contributed by atoms with E-state index < -0.39 is 62.7 Å². The SMILES string of the molecule is CC1CC(CN2C(=O)C3CC(S(=O)(=O)NC4(C)CC4)CCC3N(CC3CC3(F)F)C2=O)ON1. The summed E-state index contributed by atoms with van der Waals surface area (Å²) >= 11 is 0. The smallest absolute Gasteiger partial charge is 0.320 e. The molecule has 9 nitrogen and oxygen atoms in total. The maximum Gasteiger partial charge on any atom is 0.327 e. The second-order valence-corrected chi connectivity index (χ2v) is 12.8. The molecule has 0 aromatic heterocycles. The maximum atomic E-state index is 13.7. The van der Waals surface area contributed by atoms with Gasteiger partial charge in [-0.15, -0.1) is 0 Å². The van der Waals surface area contributed by atoms with Crippen LogP contribution in [0.1, 0.15) is 58.8 Å². The Hall–Kier alpha value is -1.37. The van der Waals surface area contributed by atoms with E-state index in [4.69, 9.17) is 4.84 Å². The van der Waals surface area contributed by atoms with Crippen molar-refractivity contribution in [1.29, 1.82) is 0 Å². The molecule has 5 fully saturated rings. The minimum absolute atomic E-state index is 0.0174. The average Bonchev–Trinajstić information content (AvgIpc) is 3.54. The van der Waals surface area contributed by atoms with Gasteiger partial charge in [0.1, 0.15) is 0 Å². The van der Waals surface area contributed by atoms with Gasteiger partial charge in [-0.25, -0.2) is 26.7 Å². The third-order valence-electron chi connectivity index (χ3n) is 7.86. The Morgan fingerprint density at radius 1 is 1.18 bits per heavy atom. The fourth-order valence-corrected chi connectivity index (χ4v) is 7.41. The lowest BCUT2D eigenvalue weighted by molar-refractivity contribution is -0.142. The fraction of sp³-hybridized carbons (Fsp3) is 0.905. The van der Waals surface area contributed by atoms with Gasteiger partial charge in [-0.05, 0) is 52.4 Å². The number of rotatable bonds is 7. The van der Waals surface area contributed by atoms with Crippen molar-refractivity contribution in [3.05, 3.63) is 0 Å². The second kappa shape index (κ2) is 7.82. The maximum absolute atomic E-state index is 13.7. The Balaban J connectivity index is 1.36. The predicted molar refractivity (Wildman–Crippen MR) is 114 cm³/mol. The zero-order valence-corrected chi connectivity index (χ0v) is 19.7. The van der Waals surface area contributed by atoms with Crippen LogP contribution in [-0.4, -0.2) is 78.1 Å². The van der Waals surface area contributed by atoms with Crippen molar-refractivity contribution in [3.8, 4) is 0 Å². The summed E-state index contributed by atoms with van der Waals surface area (Å²) in [5, 5.41) is -0.746. The van der Waals surface area contributed by atoms with Gasteiger partial charge in [0, 0.05) is 36.5 Å². The van der Waals surface area contributed by atoms with Crippen LogP contribution in [0.15, 0.2) is 0 Å². The number of nitrogens with one attached hydrogen (secondary N) is 2. The lowest BCUT2D eigenvalue weighted by Gasteiger charge is -2.48. The van der Waals surface area contributed by atoms with E-state index in [1.54, 1.807) is 0 Å². The predicted octanol–water partition coefficient (Wildman–Crippen LogP) is 1.60. The highest BCUT2D eigenvalue weighted by molar-refractivity contribution is 7.90. The van der Waals surface area contributed by atoms with Crippen LogP contribution < -0.4 is 10.2 Å². The van der Waals surface area contributed by atoms with Crippen molar-refractivity contribution in [2.45, 2.75) is 93.7 Å². The molecule has 3 saturated carbocycles. The van der Waals surface area contributed by atoms with Gasteiger partial charge in [-0.2, -0.15) is 5.48 Å². The number of nitrogens with zero attached hydrogens (tertiary/aromatic N) is 2. The van der Waals surface area contributed by atoms with E-state index in [-0.39, 0.29) is 38.4 Å². The molecule has 0 bridgehead atoms. The van der Waals surface area contributed by atoms with Crippen molar-refractivity contribution >= 4 is 22.0 Å². The van der Waals surface area contributed by atoms with Gasteiger partial charge < -0.3 is 4.90 Å². The summed E-state index contributed by atoms with van der Waals surface area (Å²) in [5.41, 5.74) is 2.40. The Labute approximate surface area is 192 Å². The van der Waals surface area contributed by atoms with E-state index in [9.17, 15) is 26.8 Å². The van der Waals surface area contributed by atoms with Gasteiger partial charge in [-0.1, -0.05) is 0 Å². The minimum atomic E-state index is -3.64. The number of sulfonamides is 1. The number of fused-ring (bicyclic) bond motifs is 1. The molecule has 12 heteroatoms. The number of hydrogen-bond donors (Lipinski definition) is 2. The number of carbonyl (C=O) groups excluding carboxylic acids is 2. The monoisotopic (exact) mass is 490 g/mol. The Morgan fingerprint density at radius 3 is 2.45 bits per heavy atom. The van der Waals surface area contributed by atoms with Crippen LogP contribution in [0.25, 0.3) is 0 Å². The molecule has 5 rings (SSSR count). The molecule has 3 amide bonds. The third-order valence-corrected chi connectivity index (χ3v) is 9.95. The number of amides is 3. The van der Waals surface area contributed by atoms with E-state index >= 15 is 0 Å². The first-order chi connectivity index (χ1) is 15.4.